The number of para-hydroxylation sites is 1. The number of hydrogen-bond acceptors (Lipinski definition) is 4. The summed E-state index contributed by atoms with van der Waals surface area (Å²) in [7, 11) is 0. The zero-order chi connectivity index (χ0) is 21.4. The largest absolute Gasteiger partial charge is 0.416 e. The van der Waals surface area contributed by atoms with E-state index in [4.69, 9.17) is 5.21 Å². The van der Waals surface area contributed by atoms with Crippen molar-refractivity contribution in [3.8, 4) is 0 Å². The molecule has 0 aromatic heterocycles. The molecule has 0 saturated carbocycles. The third kappa shape index (κ3) is 6.15. The van der Waals surface area contributed by atoms with Crippen molar-refractivity contribution in [2.75, 3.05) is 18.0 Å². The highest BCUT2D eigenvalue weighted by Gasteiger charge is 2.33. The quantitative estimate of drug-likeness (QED) is 0.283. The topological polar surface area (TPSA) is 35.5 Å². The molecule has 164 valence electrons. The fourth-order valence-electron chi connectivity index (χ4n) is 3.78. The molecule has 1 heterocycles. The molecule has 0 radical (unpaired) electrons. The summed E-state index contributed by atoms with van der Waals surface area (Å²) < 4.78 is 39.8. The Labute approximate surface area is 180 Å². The van der Waals surface area contributed by atoms with E-state index in [2.05, 4.69) is 10.4 Å². The van der Waals surface area contributed by atoms with Gasteiger partial charge in [-0.05, 0) is 43.2 Å². The number of unbranched alkanes of at least 4 members (excludes halogenated alkanes) is 7. The Balaban J connectivity index is 1.58. The van der Waals surface area contributed by atoms with Crippen molar-refractivity contribution >= 4 is 23.1 Å². The highest BCUT2D eigenvalue weighted by atomic mass is 32.2. The fourth-order valence-corrected chi connectivity index (χ4v) is 4.86. The van der Waals surface area contributed by atoms with Crippen LogP contribution in [0.3, 0.4) is 0 Å². The lowest BCUT2D eigenvalue weighted by atomic mass is 10.1. The van der Waals surface area contributed by atoms with Crippen molar-refractivity contribution in [3.05, 3.63) is 48.0 Å². The Morgan fingerprint density at radius 3 is 2.13 bits per heavy atom. The monoisotopic (exact) mass is 438 g/mol. The first-order valence-corrected chi connectivity index (χ1v) is 11.4. The van der Waals surface area contributed by atoms with E-state index in [1.54, 1.807) is 6.07 Å². The van der Waals surface area contributed by atoms with Gasteiger partial charge in [0, 0.05) is 22.9 Å². The lowest BCUT2D eigenvalue weighted by Gasteiger charge is -2.33. The van der Waals surface area contributed by atoms with Crippen molar-refractivity contribution in [1.82, 2.24) is 5.48 Å². The molecular formula is C23H29F3N2OS. The molecule has 3 nitrogen and oxygen atoms in total. The van der Waals surface area contributed by atoms with Gasteiger partial charge in [-0.1, -0.05) is 62.4 Å². The third-order valence-electron chi connectivity index (χ3n) is 5.37. The second-order valence-corrected chi connectivity index (χ2v) is 8.72. The molecule has 0 aliphatic carbocycles. The predicted octanol–water partition coefficient (Wildman–Crippen LogP) is 7.41. The minimum absolute atomic E-state index is 0.595. The van der Waals surface area contributed by atoms with Crippen LogP contribution in [0.25, 0.3) is 0 Å². The van der Waals surface area contributed by atoms with E-state index in [1.807, 2.05) is 24.3 Å². The number of nitrogens with one attached hydrogen (secondary N) is 1. The first-order chi connectivity index (χ1) is 14.5. The van der Waals surface area contributed by atoms with Crippen molar-refractivity contribution in [2.45, 2.75) is 67.3 Å². The van der Waals surface area contributed by atoms with E-state index in [0.29, 0.717) is 18.8 Å². The van der Waals surface area contributed by atoms with E-state index in [0.717, 1.165) is 47.6 Å². The van der Waals surface area contributed by atoms with Crippen LogP contribution in [-0.2, 0) is 6.18 Å². The van der Waals surface area contributed by atoms with Crippen LogP contribution in [-0.4, -0.2) is 18.3 Å². The first-order valence-electron chi connectivity index (χ1n) is 10.6. The summed E-state index contributed by atoms with van der Waals surface area (Å²) in [5.74, 6) is 0. The molecule has 2 aromatic rings. The molecule has 0 bridgehead atoms. The van der Waals surface area contributed by atoms with Crippen LogP contribution in [0.4, 0.5) is 24.5 Å². The molecule has 0 fully saturated rings. The molecule has 1 aliphatic rings. The zero-order valence-electron chi connectivity index (χ0n) is 17.0. The summed E-state index contributed by atoms with van der Waals surface area (Å²) in [6.45, 7) is 1.36. The maximum absolute atomic E-state index is 13.3. The van der Waals surface area contributed by atoms with E-state index in [1.165, 1.54) is 43.2 Å². The zero-order valence-corrected chi connectivity index (χ0v) is 17.9. The fraction of sp³-hybridized carbons (Fsp3) is 0.478. The Kier molecular flexibility index (Phi) is 8.48. The molecule has 0 spiro atoms. The van der Waals surface area contributed by atoms with Crippen molar-refractivity contribution in [2.24, 2.45) is 0 Å². The Morgan fingerprint density at radius 2 is 1.43 bits per heavy atom. The first kappa shape index (κ1) is 23.0. The molecule has 1 aliphatic heterocycles. The van der Waals surface area contributed by atoms with Gasteiger partial charge >= 0.3 is 6.18 Å². The van der Waals surface area contributed by atoms with Gasteiger partial charge in [-0.3, -0.25) is 0 Å². The summed E-state index contributed by atoms with van der Waals surface area (Å²) >= 11 is 1.53. The normalized spacial score (nSPS) is 13.3. The van der Waals surface area contributed by atoms with Crippen LogP contribution in [0.1, 0.15) is 56.9 Å². The lowest BCUT2D eigenvalue weighted by Crippen LogP contribution is -2.22. The second kappa shape index (κ2) is 11.1. The van der Waals surface area contributed by atoms with Crippen molar-refractivity contribution < 1.29 is 18.4 Å². The van der Waals surface area contributed by atoms with Crippen LogP contribution < -0.4 is 10.4 Å². The standard InChI is InChI=1S/C23H29F3N2OS/c24-23(25,26)18-13-14-22-20(17-18)28(19-11-7-8-12-21(19)30-22)16-10-6-4-2-1-3-5-9-15-27-29/h7-8,11-14,17,27,29H,1-6,9-10,15-16H2. The Hall–Kier alpha value is -1.70. The molecule has 2 N–H and O–H groups in total. The minimum atomic E-state index is -4.34. The summed E-state index contributed by atoms with van der Waals surface area (Å²) in [5.41, 5.74) is 3.23. The summed E-state index contributed by atoms with van der Waals surface area (Å²) in [6.07, 6.45) is 4.46. The van der Waals surface area contributed by atoms with Gasteiger partial charge in [0.2, 0.25) is 0 Å². The number of hydrogen-bond donors (Lipinski definition) is 2. The average Bonchev–Trinajstić information content (AvgIpc) is 2.73. The maximum Gasteiger partial charge on any atom is 0.416 e. The highest BCUT2D eigenvalue weighted by molar-refractivity contribution is 7.99. The minimum Gasteiger partial charge on any atom is -0.340 e. The third-order valence-corrected chi connectivity index (χ3v) is 6.50. The molecule has 0 atom stereocenters. The van der Waals surface area contributed by atoms with Crippen molar-refractivity contribution in [3.63, 3.8) is 0 Å². The molecule has 0 unspecified atom stereocenters. The van der Waals surface area contributed by atoms with Gasteiger partial charge in [-0.15, -0.1) is 0 Å². The molecule has 7 heteroatoms. The second-order valence-electron chi connectivity index (χ2n) is 7.64. The van der Waals surface area contributed by atoms with E-state index in [9.17, 15) is 13.2 Å². The van der Waals surface area contributed by atoms with Gasteiger partial charge in [-0.25, -0.2) is 5.48 Å². The van der Waals surface area contributed by atoms with E-state index >= 15 is 0 Å². The number of anilines is 2. The number of hydroxylamine groups is 1. The molecular weight excluding hydrogens is 409 g/mol. The number of benzene rings is 2. The number of nitrogens with zero attached hydrogens (tertiary/aromatic N) is 1. The number of alkyl halides is 3. The number of rotatable bonds is 11. The molecule has 30 heavy (non-hydrogen) atoms. The van der Waals surface area contributed by atoms with Crippen LogP contribution in [0, 0.1) is 0 Å². The van der Waals surface area contributed by atoms with Crippen LogP contribution in [0.15, 0.2) is 52.3 Å². The maximum atomic E-state index is 13.3. The Morgan fingerprint density at radius 1 is 0.800 bits per heavy atom. The molecule has 0 amide bonds. The lowest BCUT2D eigenvalue weighted by molar-refractivity contribution is -0.137. The van der Waals surface area contributed by atoms with Gasteiger partial charge in [0.15, 0.2) is 0 Å². The predicted molar refractivity (Wildman–Crippen MR) is 116 cm³/mol. The highest BCUT2D eigenvalue weighted by Crippen LogP contribution is 2.49. The van der Waals surface area contributed by atoms with Gasteiger partial charge in [0.25, 0.3) is 0 Å². The Bertz CT molecular complexity index is 813. The smallest absolute Gasteiger partial charge is 0.340 e. The number of fused-ring (bicyclic) bond motifs is 2. The van der Waals surface area contributed by atoms with Gasteiger partial charge in [0.1, 0.15) is 0 Å². The summed E-state index contributed by atoms with van der Waals surface area (Å²) in [6, 6.07) is 12.0. The number of halogens is 3. The summed E-state index contributed by atoms with van der Waals surface area (Å²) in [4.78, 5) is 4.01. The van der Waals surface area contributed by atoms with Gasteiger partial charge in [0.05, 0.1) is 16.9 Å². The van der Waals surface area contributed by atoms with E-state index in [-0.39, 0.29) is 0 Å². The molecule has 0 saturated heterocycles. The average molecular weight is 439 g/mol. The van der Waals surface area contributed by atoms with Crippen LogP contribution in [0.5, 0.6) is 0 Å². The van der Waals surface area contributed by atoms with Crippen LogP contribution in [0.2, 0.25) is 0 Å². The molecule has 3 rings (SSSR count). The summed E-state index contributed by atoms with van der Waals surface area (Å²) in [5, 5.41) is 8.54. The SMILES string of the molecule is ONCCCCCCCCCCN1c2ccccc2Sc2ccc(C(F)(F)F)cc21. The van der Waals surface area contributed by atoms with Gasteiger partial charge < -0.3 is 10.1 Å². The van der Waals surface area contributed by atoms with E-state index < -0.39 is 11.7 Å². The van der Waals surface area contributed by atoms with Crippen molar-refractivity contribution in [1.29, 1.82) is 0 Å². The van der Waals surface area contributed by atoms with Crippen LogP contribution >= 0.6 is 11.8 Å². The molecule has 2 aromatic carbocycles. The van der Waals surface area contributed by atoms with Gasteiger partial charge in [-0.2, -0.15) is 13.2 Å².